The molecule has 166 valence electrons. The van der Waals surface area contributed by atoms with Crippen molar-refractivity contribution in [3.8, 4) is 0 Å². The van der Waals surface area contributed by atoms with Crippen molar-refractivity contribution in [1.29, 1.82) is 0 Å². The number of sulfonamides is 1. The Morgan fingerprint density at radius 1 is 1.25 bits per heavy atom. The normalized spacial score (nSPS) is 17.0. The van der Waals surface area contributed by atoms with Crippen LogP contribution < -0.4 is 10.6 Å². The molecule has 1 aliphatic heterocycles. The average molecular weight is 544 g/mol. The number of hydrogen-bond donors (Lipinski definition) is 2. The highest BCUT2D eigenvalue weighted by Crippen LogP contribution is 2.30. The highest BCUT2D eigenvalue weighted by molar-refractivity contribution is 14.0. The van der Waals surface area contributed by atoms with Crippen molar-refractivity contribution in [1.82, 2.24) is 14.9 Å². The number of alkyl halides is 3. The number of piperidine rings is 1. The number of nitrogens with one attached hydrogen (secondary N) is 2. The van der Waals surface area contributed by atoms with Crippen molar-refractivity contribution in [3.63, 3.8) is 0 Å². The molecular formula is C15H28F3IN4O4S. The number of aliphatic imine (C=N–C) groups is 1. The van der Waals surface area contributed by atoms with Gasteiger partial charge in [0.25, 0.3) is 0 Å². The fourth-order valence-electron chi connectivity index (χ4n) is 2.63. The second-order valence-electron chi connectivity index (χ2n) is 6.08. The second kappa shape index (κ2) is 12.7. The van der Waals surface area contributed by atoms with Crippen molar-refractivity contribution < 1.29 is 31.1 Å². The third-order valence-electron chi connectivity index (χ3n) is 4.14. The zero-order chi connectivity index (χ0) is 20.5. The average Bonchev–Trinajstić information content (AvgIpc) is 2.60. The second-order valence-corrected chi connectivity index (χ2v) is 8.01. The molecule has 28 heavy (non-hydrogen) atoms. The number of esters is 1. The molecule has 1 saturated heterocycles. The molecular weight excluding hydrogens is 516 g/mol. The van der Waals surface area contributed by atoms with Gasteiger partial charge in [-0.15, -0.1) is 24.0 Å². The first-order valence-electron chi connectivity index (χ1n) is 8.78. The molecule has 0 unspecified atom stereocenters. The molecule has 2 N–H and O–H groups in total. The highest BCUT2D eigenvalue weighted by Gasteiger charge is 2.50. The van der Waals surface area contributed by atoms with E-state index in [0.29, 0.717) is 55.6 Å². The van der Waals surface area contributed by atoms with E-state index < -0.39 is 15.5 Å². The molecule has 0 bridgehead atoms. The molecule has 0 atom stereocenters. The summed E-state index contributed by atoms with van der Waals surface area (Å²) < 4.78 is 65.8. The number of carbonyl (C=O) groups is 1. The van der Waals surface area contributed by atoms with Gasteiger partial charge >= 0.3 is 21.5 Å². The maximum absolute atomic E-state index is 12.6. The summed E-state index contributed by atoms with van der Waals surface area (Å²) in [5, 5.41) is 6.10. The quantitative estimate of drug-likeness (QED) is 0.159. The van der Waals surface area contributed by atoms with Crippen LogP contribution in [0.1, 0.15) is 32.6 Å². The van der Waals surface area contributed by atoms with Gasteiger partial charge in [-0.25, -0.2) is 8.42 Å². The van der Waals surface area contributed by atoms with Crippen LogP contribution in [-0.2, 0) is 19.6 Å². The Hall–Kier alpha value is -0.830. The lowest BCUT2D eigenvalue weighted by molar-refractivity contribution is -0.143. The lowest BCUT2D eigenvalue weighted by Gasteiger charge is -2.31. The number of guanidine groups is 1. The van der Waals surface area contributed by atoms with Crippen LogP contribution in [0.15, 0.2) is 4.99 Å². The van der Waals surface area contributed by atoms with E-state index in [1.807, 2.05) is 0 Å². The van der Waals surface area contributed by atoms with E-state index in [1.165, 1.54) is 0 Å². The number of ether oxygens (including phenoxy) is 1. The first kappa shape index (κ1) is 27.2. The summed E-state index contributed by atoms with van der Waals surface area (Å²) in [5.74, 6) is 0.301. The molecule has 0 saturated carbocycles. The Labute approximate surface area is 180 Å². The molecule has 0 radical (unpaired) electrons. The third kappa shape index (κ3) is 8.68. The fraction of sp³-hybridized carbons (Fsp3) is 0.867. The first-order valence-corrected chi connectivity index (χ1v) is 10.2. The van der Waals surface area contributed by atoms with Gasteiger partial charge in [-0.1, -0.05) is 0 Å². The molecule has 1 aliphatic rings. The first-order chi connectivity index (χ1) is 12.6. The summed E-state index contributed by atoms with van der Waals surface area (Å²) in [4.78, 5) is 15.3. The Balaban J connectivity index is 0.00000729. The third-order valence-corrected chi connectivity index (χ3v) is 5.77. The Kier molecular flexibility index (Phi) is 12.3. The molecule has 1 rings (SSSR count). The molecule has 0 aromatic heterocycles. The minimum Gasteiger partial charge on any atom is -0.466 e. The van der Waals surface area contributed by atoms with Crippen molar-refractivity contribution in [2.24, 2.45) is 10.9 Å². The summed E-state index contributed by atoms with van der Waals surface area (Å²) in [5.41, 5.74) is -5.26. The van der Waals surface area contributed by atoms with Crippen LogP contribution in [0, 0.1) is 5.92 Å². The summed E-state index contributed by atoms with van der Waals surface area (Å²) in [6, 6.07) is 0. The van der Waals surface area contributed by atoms with E-state index >= 15 is 0 Å². The number of hydrogen-bond acceptors (Lipinski definition) is 5. The smallest absolute Gasteiger partial charge is 0.466 e. The molecule has 0 aliphatic carbocycles. The predicted octanol–water partition coefficient (Wildman–Crippen LogP) is 1.67. The molecule has 0 spiro atoms. The molecule has 1 heterocycles. The number of halogens is 4. The monoisotopic (exact) mass is 544 g/mol. The Bertz CT molecular complexity index is 609. The van der Waals surface area contributed by atoms with E-state index in [1.54, 1.807) is 14.0 Å². The Morgan fingerprint density at radius 2 is 1.86 bits per heavy atom. The van der Waals surface area contributed by atoms with Crippen molar-refractivity contribution >= 4 is 45.9 Å². The van der Waals surface area contributed by atoms with Gasteiger partial charge in [-0.05, 0) is 32.1 Å². The summed E-state index contributed by atoms with van der Waals surface area (Å²) in [6.45, 7) is 2.77. The molecule has 0 aromatic carbocycles. The highest BCUT2D eigenvalue weighted by atomic mass is 127. The lowest BCUT2D eigenvalue weighted by atomic mass is 9.98. The van der Waals surface area contributed by atoms with E-state index in [-0.39, 0.29) is 49.0 Å². The minimum absolute atomic E-state index is 0. The summed E-state index contributed by atoms with van der Waals surface area (Å²) in [7, 11) is -3.66. The zero-order valence-electron chi connectivity index (χ0n) is 15.9. The topological polar surface area (TPSA) is 100 Å². The van der Waals surface area contributed by atoms with Crippen LogP contribution in [0.4, 0.5) is 13.2 Å². The molecule has 0 amide bonds. The fourth-order valence-corrected chi connectivity index (χ4v) is 3.62. The molecule has 8 nitrogen and oxygen atoms in total. The number of carbonyl (C=O) groups excluding carboxylic acids is 1. The largest absolute Gasteiger partial charge is 0.511 e. The molecule has 13 heteroatoms. The van der Waals surface area contributed by atoms with Crippen LogP contribution in [-0.4, -0.2) is 70.0 Å². The Morgan fingerprint density at radius 3 is 2.36 bits per heavy atom. The number of nitrogens with zero attached hydrogens (tertiary/aromatic N) is 2. The maximum Gasteiger partial charge on any atom is 0.511 e. The van der Waals surface area contributed by atoms with E-state index in [2.05, 4.69) is 15.6 Å². The van der Waals surface area contributed by atoms with Crippen molar-refractivity contribution in [2.75, 3.05) is 39.8 Å². The van der Waals surface area contributed by atoms with Crippen LogP contribution in [0.25, 0.3) is 0 Å². The van der Waals surface area contributed by atoms with Crippen LogP contribution >= 0.6 is 24.0 Å². The summed E-state index contributed by atoms with van der Waals surface area (Å²) in [6.07, 6.45) is 1.54. The SMILES string of the molecule is CCOC(=O)CCCNC(=NC)NCC1CCN(S(=O)(=O)C(F)(F)F)CC1.I. The van der Waals surface area contributed by atoms with Gasteiger partial charge in [-0.3, -0.25) is 9.79 Å². The molecule has 1 fully saturated rings. The van der Waals surface area contributed by atoms with Gasteiger partial charge in [0.05, 0.1) is 6.61 Å². The van der Waals surface area contributed by atoms with Gasteiger partial charge in [0, 0.05) is 39.6 Å². The van der Waals surface area contributed by atoms with Gasteiger partial charge < -0.3 is 15.4 Å². The standard InChI is InChI=1S/C15H27F3N4O4S.HI/c1-3-26-13(23)5-4-8-20-14(19-2)21-11-12-6-9-22(10-7-12)27(24,25)15(16,17)18;/h12H,3-11H2,1-2H3,(H2,19,20,21);1H. The zero-order valence-corrected chi connectivity index (χ0v) is 19.1. The maximum atomic E-state index is 12.6. The van der Waals surface area contributed by atoms with Gasteiger partial charge in [0.1, 0.15) is 0 Å². The van der Waals surface area contributed by atoms with Crippen LogP contribution in [0.3, 0.4) is 0 Å². The minimum atomic E-state index is -5.26. The summed E-state index contributed by atoms with van der Waals surface area (Å²) >= 11 is 0. The van der Waals surface area contributed by atoms with Crippen molar-refractivity contribution in [3.05, 3.63) is 0 Å². The van der Waals surface area contributed by atoms with E-state index in [0.717, 1.165) is 0 Å². The number of rotatable bonds is 8. The predicted molar refractivity (Wildman–Crippen MR) is 110 cm³/mol. The van der Waals surface area contributed by atoms with Gasteiger partial charge in [0.2, 0.25) is 0 Å². The van der Waals surface area contributed by atoms with Crippen LogP contribution in [0.2, 0.25) is 0 Å². The van der Waals surface area contributed by atoms with Gasteiger partial charge in [0.15, 0.2) is 5.96 Å². The van der Waals surface area contributed by atoms with Crippen LogP contribution in [0.5, 0.6) is 0 Å². The van der Waals surface area contributed by atoms with E-state index in [9.17, 15) is 26.4 Å². The van der Waals surface area contributed by atoms with E-state index in [4.69, 9.17) is 4.74 Å². The van der Waals surface area contributed by atoms with Crippen molar-refractivity contribution in [2.45, 2.75) is 38.1 Å². The lowest BCUT2D eigenvalue weighted by Crippen LogP contribution is -2.47. The molecule has 0 aromatic rings. The van der Waals surface area contributed by atoms with Gasteiger partial charge in [-0.2, -0.15) is 17.5 Å².